The van der Waals surface area contributed by atoms with Gasteiger partial charge in [0, 0.05) is 23.8 Å². The summed E-state index contributed by atoms with van der Waals surface area (Å²) in [6.45, 7) is 4.67. The topological polar surface area (TPSA) is 41.3 Å². The van der Waals surface area contributed by atoms with Gasteiger partial charge in [-0.05, 0) is 62.8 Å². The monoisotopic (exact) mass is 259 g/mol. The van der Waals surface area contributed by atoms with Crippen LogP contribution in [-0.2, 0) is 6.42 Å². The molecular weight excluding hydrogens is 234 g/mol. The van der Waals surface area contributed by atoms with Crippen LogP contribution in [0.2, 0.25) is 0 Å². The second-order valence-corrected chi connectivity index (χ2v) is 6.21. The lowest BCUT2D eigenvalue weighted by molar-refractivity contribution is 0.0293. The molecule has 1 fully saturated rings. The maximum absolute atomic E-state index is 5.87. The Morgan fingerprint density at radius 3 is 2.63 bits per heavy atom. The van der Waals surface area contributed by atoms with E-state index in [1.54, 1.807) is 0 Å². The predicted molar refractivity (Wildman–Crippen MR) is 79.7 cm³/mol. The number of hydrogen-bond acceptors (Lipinski definition) is 3. The minimum Gasteiger partial charge on any atom is -0.399 e. The van der Waals surface area contributed by atoms with E-state index in [9.17, 15) is 0 Å². The van der Waals surface area contributed by atoms with Crippen molar-refractivity contribution in [1.29, 1.82) is 0 Å². The normalized spacial score (nSPS) is 31.4. The van der Waals surface area contributed by atoms with Crippen LogP contribution in [0.25, 0.3) is 0 Å². The fourth-order valence-corrected chi connectivity index (χ4v) is 3.63. The summed E-state index contributed by atoms with van der Waals surface area (Å²) >= 11 is 0. The molecule has 1 heterocycles. The molecule has 3 N–H and O–H groups in total. The van der Waals surface area contributed by atoms with Gasteiger partial charge in [-0.25, -0.2) is 10.4 Å². The number of nitrogens with one attached hydrogen (secondary N) is 1. The van der Waals surface area contributed by atoms with E-state index in [1.165, 1.54) is 36.8 Å². The highest BCUT2D eigenvalue weighted by molar-refractivity contribution is 5.47. The molecule has 104 valence electrons. The zero-order chi connectivity index (χ0) is 13.4. The molecule has 0 aromatic heterocycles. The molecule has 3 nitrogen and oxygen atoms in total. The van der Waals surface area contributed by atoms with E-state index in [2.05, 4.69) is 36.4 Å². The minimum atomic E-state index is 0.471. The van der Waals surface area contributed by atoms with Crippen molar-refractivity contribution in [2.45, 2.75) is 64.1 Å². The highest BCUT2D eigenvalue weighted by Gasteiger charge is 2.30. The Labute approximate surface area is 116 Å². The molecule has 0 saturated carbocycles. The van der Waals surface area contributed by atoms with Crippen molar-refractivity contribution in [1.82, 2.24) is 10.4 Å². The van der Waals surface area contributed by atoms with Gasteiger partial charge in [0.1, 0.15) is 0 Å². The lowest BCUT2D eigenvalue weighted by atomic mass is 9.99. The second kappa shape index (κ2) is 5.14. The number of benzene rings is 1. The lowest BCUT2D eigenvalue weighted by Gasteiger charge is -2.41. The number of anilines is 1. The van der Waals surface area contributed by atoms with Gasteiger partial charge in [0.05, 0.1) is 0 Å². The average Bonchev–Trinajstić information content (AvgIpc) is 2.76. The van der Waals surface area contributed by atoms with E-state index in [0.717, 1.165) is 12.1 Å². The van der Waals surface area contributed by atoms with Crippen LogP contribution in [0.5, 0.6) is 0 Å². The highest BCUT2D eigenvalue weighted by Crippen LogP contribution is 2.34. The first-order valence-corrected chi connectivity index (χ1v) is 7.58. The van der Waals surface area contributed by atoms with Gasteiger partial charge in [0.25, 0.3) is 0 Å². The molecule has 0 amide bonds. The van der Waals surface area contributed by atoms with Crippen LogP contribution in [-0.4, -0.2) is 17.1 Å². The Balaban J connectivity index is 1.75. The lowest BCUT2D eigenvalue weighted by Crippen LogP contribution is -2.52. The molecule has 1 saturated heterocycles. The molecule has 0 spiro atoms. The van der Waals surface area contributed by atoms with Crippen molar-refractivity contribution in [3.8, 4) is 0 Å². The van der Waals surface area contributed by atoms with E-state index >= 15 is 0 Å². The summed E-state index contributed by atoms with van der Waals surface area (Å²) in [7, 11) is 0. The number of nitrogen functional groups attached to an aromatic ring is 1. The Morgan fingerprint density at radius 2 is 1.89 bits per heavy atom. The maximum atomic E-state index is 5.87. The number of piperidine rings is 1. The molecule has 3 atom stereocenters. The number of fused-ring (bicyclic) bond motifs is 1. The van der Waals surface area contributed by atoms with Crippen LogP contribution in [0.3, 0.4) is 0 Å². The largest absolute Gasteiger partial charge is 0.399 e. The second-order valence-electron chi connectivity index (χ2n) is 6.21. The number of rotatable bonds is 2. The number of nitrogens with two attached hydrogens (primary N) is 1. The van der Waals surface area contributed by atoms with Crippen molar-refractivity contribution < 1.29 is 0 Å². The number of aryl methyl sites for hydroxylation is 1. The summed E-state index contributed by atoms with van der Waals surface area (Å²) in [6.07, 6.45) is 6.30. The van der Waals surface area contributed by atoms with Gasteiger partial charge in [0.2, 0.25) is 0 Å². The fourth-order valence-electron chi connectivity index (χ4n) is 3.63. The van der Waals surface area contributed by atoms with E-state index in [4.69, 9.17) is 5.73 Å². The molecule has 0 radical (unpaired) electrons. The number of hydrazine groups is 1. The van der Waals surface area contributed by atoms with Crippen LogP contribution < -0.4 is 11.2 Å². The molecule has 3 unspecified atom stereocenters. The van der Waals surface area contributed by atoms with Gasteiger partial charge < -0.3 is 5.73 Å². The van der Waals surface area contributed by atoms with Crippen LogP contribution in [0.1, 0.15) is 56.7 Å². The number of nitrogens with zero attached hydrogens (tertiary/aromatic N) is 1. The summed E-state index contributed by atoms with van der Waals surface area (Å²) < 4.78 is 0. The number of hydrogen-bond donors (Lipinski definition) is 2. The molecule has 1 aromatic rings. The van der Waals surface area contributed by atoms with Gasteiger partial charge in [-0.2, -0.15) is 0 Å². The van der Waals surface area contributed by atoms with E-state index in [-0.39, 0.29) is 0 Å². The van der Waals surface area contributed by atoms with Gasteiger partial charge in [-0.1, -0.05) is 12.5 Å². The summed E-state index contributed by atoms with van der Waals surface area (Å²) in [6, 6.07) is 8.12. The SMILES string of the molecule is CC1CCCC(C)N1NC1CCc2cc(N)ccc21. The molecule has 1 aromatic carbocycles. The predicted octanol–water partition coefficient (Wildman–Crippen LogP) is 3.02. The molecule has 19 heavy (non-hydrogen) atoms. The highest BCUT2D eigenvalue weighted by atomic mass is 15.5. The van der Waals surface area contributed by atoms with Crippen molar-refractivity contribution in [3.63, 3.8) is 0 Å². The summed E-state index contributed by atoms with van der Waals surface area (Å²) in [5, 5.41) is 2.49. The molecule has 3 heteroatoms. The van der Waals surface area contributed by atoms with Crippen LogP contribution >= 0.6 is 0 Å². The van der Waals surface area contributed by atoms with Crippen LogP contribution in [0, 0.1) is 0 Å². The molecule has 3 rings (SSSR count). The third-order valence-electron chi connectivity index (χ3n) is 4.74. The van der Waals surface area contributed by atoms with Gasteiger partial charge in [-0.3, -0.25) is 0 Å². The first kappa shape index (κ1) is 12.9. The Morgan fingerprint density at radius 1 is 1.16 bits per heavy atom. The van der Waals surface area contributed by atoms with Crippen LogP contribution in [0.4, 0.5) is 5.69 Å². The molecule has 1 aliphatic carbocycles. The van der Waals surface area contributed by atoms with Crippen molar-refractivity contribution >= 4 is 5.69 Å². The van der Waals surface area contributed by atoms with Crippen LogP contribution in [0.15, 0.2) is 18.2 Å². The molecular formula is C16H25N3. The Kier molecular flexibility index (Phi) is 3.50. The van der Waals surface area contributed by atoms with Crippen molar-refractivity contribution in [2.75, 3.05) is 5.73 Å². The zero-order valence-electron chi connectivity index (χ0n) is 12.0. The quantitative estimate of drug-likeness (QED) is 0.802. The Bertz CT molecular complexity index is 447. The van der Waals surface area contributed by atoms with E-state index in [1.807, 2.05) is 6.07 Å². The standard InChI is InChI=1S/C16H25N3/c1-11-4-3-5-12(2)19(11)18-16-9-6-13-10-14(17)7-8-15(13)16/h7-8,10-12,16,18H,3-6,9,17H2,1-2H3. The molecule has 1 aliphatic heterocycles. The van der Waals surface area contributed by atoms with E-state index < -0.39 is 0 Å². The smallest absolute Gasteiger partial charge is 0.0470 e. The first-order chi connectivity index (χ1) is 9.15. The van der Waals surface area contributed by atoms with Gasteiger partial charge >= 0.3 is 0 Å². The fraction of sp³-hybridized carbons (Fsp3) is 0.625. The Hall–Kier alpha value is -1.06. The first-order valence-electron chi connectivity index (χ1n) is 7.58. The van der Waals surface area contributed by atoms with Gasteiger partial charge in [0.15, 0.2) is 0 Å². The average molecular weight is 259 g/mol. The molecule has 2 aliphatic rings. The maximum Gasteiger partial charge on any atom is 0.0470 e. The minimum absolute atomic E-state index is 0.471. The summed E-state index contributed by atoms with van der Waals surface area (Å²) in [4.78, 5) is 0. The third-order valence-corrected chi connectivity index (χ3v) is 4.74. The summed E-state index contributed by atoms with van der Waals surface area (Å²) in [5.74, 6) is 0. The van der Waals surface area contributed by atoms with E-state index in [0.29, 0.717) is 18.1 Å². The third kappa shape index (κ3) is 2.49. The van der Waals surface area contributed by atoms with Gasteiger partial charge in [-0.15, -0.1) is 0 Å². The van der Waals surface area contributed by atoms with Crippen molar-refractivity contribution in [2.24, 2.45) is 0 Å². The zero-order valence-corrected chi connectivity index (χ0v) is 12.0. The summed E-state index contributed by atoms with van der Waals surface area (Å²) in [5.41, 5.74) is 13.4. The molecule has 0 bridgehead atoms. The van der Waals surface area contributed by atoms with Crippen molar-refractivity contribution in [3.05, 3.63) is 29.3 Å².